The molecule has 0 unspecified atom stereocenters. The zero-order valence-electron chi connectivity index (χ0n) is 30.5. The zero-order valence-corrected chi connectivity index (χ0v) is 20.5. The van der Waals surface area contributed by atoms with Crippen LogP contribution in [0.25, 0.3) is 44.3 Å². The fourth-order valence-corrected chi connectivity index (χ4v) is 5.34. The normalized spacial score (nSPS) is 22.2. The summed E-state index contributed by atoms with van der Waals surface area (Å²) in [6, 6.07) is 16.7. The fraction of sp³-hybridized carbons (Fsp3) is 0.324. The minimum absolute atomic E-state index is 0.0109. The highest BCUT2D eigenvalue weighted by Crippen LogP contribution is 2.43. The average molecular weight is 484 g/mol. The van der Waals surface area contributed by atoms with Gasteiger partial charge in [0.15, 0.2) is 0 Å². The van der Waals surface area contributed by atoms with E-state index < -0.39 is 26.4 Å². The maximum Gasteiger partial charge on any atom is 0.144 e. The van der Waals surface area contributed by atoms with Crippen molar-refractivity contribution in [1.29, 1.82) is 0 Å². The van der Waals surface area contributed by atoms with Gasteiger partial charge in [-0.15, -0.1) is 0 Å². The summed E-state index contributed by atoms with van der Waals surface area (Å²) >= 11 is 0. The van der Waals surface area contributed by atoms with E-state index in [4.69, 9.17) is 16.8 Å². The molecule has 2 aromatic heterocycles. The van der Waals surface area contributed by atoms with Gasteiger partial charge in [0.25, 0.3) is 0 Å². The SMILES string of the molecule is [2H]C([2H])([2H])c1ccc2oc3c(-c4cc(-c5ccc(C6([2H])CCC(C)(C)CC6)cc5C([2H])([2H])[2H])c(C([2H])([2H])[2H])cn4)cccc3c2c1. The standard InChI is InChI=1S/C34H35NO/c1-21-9-12-32-30(17-21)27-7-6-8-28(33(27)36-32)31-19-29(23(3)20-35-31)26-11-10-25(18-22(26)2)24-13-15-34(4,5)16-14-24/h6-12,17-20,24H,13-16H2,1-5H3/i1D3,2D3,3D3,24D. The molecule has 0 radical (unpaired) electrons. The van der Waals surface area contributed by atoms with Crippen LogP contribution in [0, 0.1) is 26.0 Å². The second-order valence-electron chi connectivity index (χ2n) is 10.6. The maximum atomic E-state index is 9.25. The summed E-state index contributed by atoms with van der Waals surface area (Å²) in [6.45, 7) is -3.10. The molecule has 3 aromatic carbocycles. The quantitative estimate of drug-likeness (QED) is 0.255. The van der Waals surface area contributed by atoms with Crippen molar-refractivity contribution in [2.45, 2.75) is 66.0 Å². The molecule has 0 saturated heterocycles. The number of nitrogens with zero attached hydrogens (tertiary/aromatic N) is 1. The second kappa shape index (κ2) is 8.62. The van der Waals surface area contributed by atoms with E-state index in [2.05, 4.69) is 18.8 Å². The molecule has 2 heterocycles. The highest BCUT2D eigenvalue weighted by atomic mass is 16.3. The van der Waals surface area contributed by atoms with Crippen LogP contribution in [0.15, 0.2) is 71.3 Å². The van der Waals surface area contributed by atoms with Gasteiger partial charge in [0.2, 0.25) is 0 Å². The molecule has 0 N–H and O–H groups in total. The number of rotatable bonds is 3. The molecule has 0 atom stereocenters. The largest absolute Gasteiger partial charge is 0.455 e. The molecule has 0 spiro atoms. The van der Waals surface area contributed by atoms with Gasteiger partial charge in [-0.25, -0.2) is 0 Å². The van der Waals surface area contributed by atoms with Gasteiger partial charge in [-0.2, -0.15) is 0 Å². The van der Waals surface area contributed by atoms with E-state index in [-0.39, 0.29) is 33.2 Å². The molecule has 0 bridgehead atoms. The number of para-hydroxylation sites is 1. The molecule has 36 heavy (non-hydrogen) atoms. The monoisotopic (exact) mass is 483 g/mol. The number of benzene rings is 3. The van der Waals surface area contributed by atoms with Crippen molar-refractivity contribution in [2.75, 3.05) is 0 Å². The summed E-state index contributed by atoms with van der Waals surface area (Å²) in [5.41, 5.74) is 3.14. The highest BCUT2D eigenvalue weighted by molar-refractivity contribution is 6.09. The molecule has 1 fully saturated rings. The van der Waals surface area contributed by atoms with E-state index in [0.29, 0.717) is 51.6 Å². The smallest absolute Gasteiger partial charge is 0.144 e. The molecule has 0 amide bonds. The van der Waals surface area contributed by atoms with Gasteiger partial charge < -0.3 is 4.42 Å². The molecule has 2 heteroatoms. The first-order valence-electron chi connectivity index (χ1n) is 17.4. The van der Waals surface area contributed by atoms with Crippen molar-refractivity contribution in [3.63, 3.8) is 0 Å². The van der Waals surface area contributed by atoms with E-state index >= 15 is 0 Å². The van der Waals surface area contributed by atoms with E-state index in [1.54, 1.807) is 48.5 Å². The minimum atomic E-state index is -2.59. The second-order valence-corrected chi connectivity index (χ2v) is 10.6. The molecule has 6 rings (SSSR count). The predicted octanol–water partition coefficient (Wildman–Crippen LogP) is 9.92. The molecule has 0 aliphatic heterocycles. The van der Waals surface area contributed by atoms with Gasteiger partial charge in [-0.3, -0.25) is 4.98 Å². The lowest BCUT2D eigenvalue weighted by molar-refractivity contribution is 0.224. The van der Waals surface area contributed by atoms with E-state index in [1.807, 2.05) is 6.07 Å². The van der Waals surface area contributed by atoms with E-state index in [0.717, 1.165) is 12.8 Å². The van der Waals surface area contributed by atoms with Gasteiger partial charge in [0.1, 0.15) is 11.2 Å². The third-order valence-corrected chi connectivity index (χ3v) is 7.60. The van der Waals surface area contributed by atoms with Crippen LogP contribution < -0.4 is 0 Å². The number of aromatic nitrogens is 1. The van der Waals surface area contributed by atoms with Gasteiger partial charge >= 0.3 is 0 Å². The summed E-state index contributed by atoms with van der Waals surface area (Å²) in [7, 11) is 0. The van der Waals surface area contributed by atoms with Gasteiger partial charge in [-0.1, -0.05) is 55.8 Å². The predicted molar refractivity (Wildman–Crippen MR) is 152 cm³/mol. The fourth-order valence-electron chi connectivity index (χ4n) is 5.34. The van der Waals surface area contributed by atoms with Crippen molar-refractivity contribution >= 4 is 21.9 Å². The molecule has 182 valence electrons. The Morgan fingerprint density at radius 1 is 0.861 bits per heavy atom. The van der Waals surface area contributed by atoms with Crippen molar-refractivity contribution in [2.24, 2.45) is 5.41 Å². The van der Waals surface area contributed by atoms with Gasteiger partial charge in [0.05, 0.1) is 5.69 Å². The Bertz CT molecular complexity index is 1950. The summed E-state index contributed by atoms with van der Waals surface area (Å²) in [5.74, 6) is -0.930. The summed E-state index contributed by atoms with van der Waals surface area (Å²) in [6.07, 6.45) is 4.18. The Hall–Kier alpha value is -3.39. The van der Waals surface area contributed by atoms with Crippen molar-refractivity contribution in [3.8, 4) is 22.4 Å². The van der Waals surface area contributed by atoms with E-state index in [9.17, 15) is 1.37 Å². The van der Waals surface area contributed by atoms with Gasteiger partial charge in [-0.05, 0) is 110 Å². The molecule has 1 aliphatic carbocycles. The summed E-state index contributed by atoms with van der Waals surface area (Å²) in [5, 5.41) is 1.30. The van der Waals surface area contributed by atoms with Crippen LogP contribution in [-0.2, 0) is 0 Å². The first-order valence-corrected chi connectivity index (χ1v) is 12.4. The average Bonchev–Trinajstić information content (AvgIpc) is 3.35. The summed E-state index contributed by atoms with van der Waals surface area (Å²) < 4.78 is 89.0. The number of pyridine rings is 1. The minimum Gasteiger partial charge on any atom is -0.455 e. The molecule has 1 saturated carbocycles. The van der Waals surface area contributed by atoms with Crippen LogP contribution in [0.5, 0.6) is 0 Å². The van der Waals surface area contributed by atoms with Gasteiger partial charge in [0, 0.05) is 36.2 Å². The lowest BCUT2D eigenvalue weighted by Gasteiger charge is -2.34. The molecular weight excluding hydrogens is 438 g/mol. The summed E-state index contributed by atoms with van der Waals surface area (Å²) in [4.78, 5) is 4.51. The highest BCUT2D eigenvalue weighted by Gasteiger charge is 2.27. The molecular formula is C34H35NO. The lowest BCUT2D eigenvalue weighted by Crippen LogP contribution is -2.20. The maximum absolute atomic E-state index is 9.25. The number of fused-ring (bicyclic) bond motifs is 3. The Morgan fingerprint density at radius 3 is 2.53 bits per heavy atom. The van der Waals surface area contributed by atoms with Crippen molar-refractivity contribution in [3.05, 3.63) is 89.1 Å². The third-order valence-electron chi connectivity index (χ3n) is 7.60. The first kappa shape index (κ1) is 14.4. The topological polar surface area (TPSA) is 26.0 Å². The third kappa shape index (κ3) is 4.03. The van der Waals surface area contributed by atoms with Crippen LogP contribution in [0.4, 0.5) is 0 Å². The van der Waals surface area contributed by atoms with Crippen LogP contribution in [0.3, 0.4) is 0 Å². The number of furan rings is 1. The van der Waals surface area contributed by atoms with Crippen molar-refractivity contribution in [1.82, 2.24) is 4.98 Å². The van der Waals surface area contributed by atoms with Crippen LogP contribution in [0.2, 0.25) is 0 Å². The molecule has 5 aromatic rings. The first-order chi connectivity index (χ1) is 21.3. The Labute approximate surface area is 228 Å². The Balaban J connectivity index is 1.54. The number of hydrogen-bond donors (Lipinski definition) is 0. The molecule has 1 aliphatic rings. The number of aryl methyl sites for hydroxylation is 3. The van der Waals surface area contributed by atoms with Crippen LogP contribution >= 0.6 is 0 Å². The Morgan fingerprint density at radius 2 is 1.72 bits per heavy atom. The number of hydrogen-bond acceptors (Lipinski definition) is 2. The lowest BCUT2D eigenvalue weighted by atomic mass is 9.71. The van der Waals surface area contributed by atoms with Crippen LogP contribution in [-0.4, -0.2) is 4.98 Å². The molecule has 2 nitrogen and oxygen atoms in total. The van der Waals surface area contributed by atoms with Crippen molar-refractivity contribution < 1.29 is 18.1 Å². The Kier molecular flexibility index (Phi) is 3.44. The zero-order chi connectivity index (χ0) is 33.4. The van der Waals surface area contributed by atoms with E-state index in [1.165, 1.54) is 12.3 Å². The van der Waals surface area contributed by atoms with Crippen LogP contribution in [0.1, 0.15) is 81.4 Å².